The van der Waals surface area contributed by atoms with E-state index in [-0.39, 0.29) is 17.7 Å². The highest BCUT2D eigenvalue weighted by molar-refractivity contribution is 5.94. The van der Waals surface area contributed by atoms with E-state index in [1.165, 1.54) is 18.6 Å². The number of rotatable bonds is 2. The van der Waals surface area contributed by atoms with Gasteiger partial charge in [-0.05, 0) is 0 Å². The molecule has 1 aromatic rings. The second-order valence-corrected chi connectivity index (χ2v) is 3.61. The molecule has 6 nitrogen and oxygen atoms in total. The van der Waals surface area contributed by atoms with Gasteiger partial charge >= 0.3 is 0 Å². The molecule has 1 aromatic heterocycles. The zero-order chi connectivity index (χ0) is 11.5. The number of nitrogens with one attached hydrogen (secondary N) is 1. The van der Waals surface area contributed by atoms with Crippen molar-refractivity contribution >= 4 is 11.8 Å². The Morgan fingerprint density at radius 3 is 2.75 bits per heavy atom. The van der Waals surface area contributed by atoms with Crippen molar-refractivity contribution in [3.63, 3.8) is 0 Å². The molecule has 0 saturated carbocycles. The van der Waals surface area contributed by atoms with Crippen molar-refractivity contribution in [2.24, 2.45) is 5.92 Å². The van der Waals surface area contributed by atoms with Crippen LogP contribution in [0.25, 0.3) is 0 Å². The lowest BCUT2D eigenvalue weighted by molar-refractivity contribution is -0.128. The molecule has 0 atom stereocenters. The van der Waals surface area contributed by atoms with E-state index < -0.39 is 0 Å². The third kappa shape index (κ3) is 1.86. The Bertz CT molecular complexity index is 401. The molecule has 0 unspecified atom stereocenters. The predicted octanol–water partition coefficient (Wildman–Crippen LogP) is -0.705. The number of amides is 2. The van der Waals surface area contributed by atoms with Gasteiger partial charge in [0.1, 0.15) is 5.69 Å². The first-order chi connectivity index (χ1) is 7.72. The van der Waals surface area contributed by atoms with E-state index >= 15 is 0 Å². The van der Waals surface area contributed by atoms with Crippen LogP contribution in [0, 0.1) is 5.92 Å². The molecule has 1 fully saturated rings. The molecule has 0 spiro atoms. The van der Waals surface area contributed by atoms with Crippen molar-refractivity contribution in [2.45, 2.75) is 0 Å². The predicted molar refractivity (Wildman–Crippen MR) is 55.5 cm³/mol. The lowest BCUT2D eigenvalue weighted by atomic mass is 9.99. The molecular weight excluding hydrogens is 208 g/mol. The summed E-state index contributed by atoms with van der Waals surface area (Å²) >= 11 is 0. The minimum Gasteiger partial charge on any atom is -0.359 e. The number of carbonyl (C=O) groups is 2. The zero-order valence-electron chi connectivity index (χ0n) is 8.88. The molecule has 2 heterocycles. The highest BCUT2D eigenvalue weighted by Gasteiger charge is 2.35. The van der Waals surface area contributed by atoms with Crippen molar-refractivity contribution in [1.29, 1.82) is 0 Å². The van der Waals surface area contributed by atoms with Gasteiger partial charge in [0.05, 0.1) is 12.1 Å². The monoisotopic (exact) mass is 220 g/mol. The molecule has 0 aromatic carbocycles. The van der Waals surface area contributed by atoms with E-state index in [2.05, 4.69) is 15.3 Å². The molecule has 1 aliphatic heterocycles. The van der Waals surface area contributed by atoms with Crippen LogP contribution in [0.3, 0.4) is 0 Å². The molecule has 6 heteroatoms. The molecule has 0 radical (unpaired) electrons. The van der Waals surface area contributed by atoms with Gasteiger partial charge in [0.15, 0.2) is 0 Å². The average molecular weight is 220 g/mol. The molecule has 1 N–H and O–H groups in total. The quantitative estimate of drug-likeness (QED) is 0.714. The van der Waals surface area contributed by atoms with Crippen LogP contribution in [0.15, 0.2) is 18.6 Å². The first-order valence-electron chi connectivity index (χ1n) is 4.99. The Morgan fingerprint density at radius 1 is 1.44 bits per heavy atom. The van der Waals surface area contributed by atoms with Gasteiger partial charge in [-0.3, -0.25) is 14.6 Å². The van der Waals surface area contributed by atoms with Crippen molar-refractivity contribution in [3.8, 4) is 0 Å². The van der Waals surface area contributed by atoms with Crippen LogP contribution < -0.4 is 5.32 Å². The molecule has 0 aliphatic carbocycles. The zero-order valence-corrected chi connectivity index (χ0v) is 8.88. The van der Waals surface area contributed by atoms with Gasteiger partial charge in [0.2, 0.25) is 5.91 Å². The van der Waals surface area contributed by atoms with Gasteiger partial charge in [-0.1, -0.05) is 0 Å². The highest BCUT2D eigenvalue weighted by Crippen LogP contribution is 2.17. The fourth-order valence-electron chi connectivity index (χ4n) is 1.59. The minimum atomic E-state index is -0.173. The van der Waals surface area contributed by atoms with Gasteiger partial charge in [-0.2, -0.15) is 0 Å². The van der Waals surface area contributed by atoms with Crippen LogP contribution in [-0.4, -0.2) is 46.8 Å². The number of nitrogens with zero attached hydrogens (tertiary/aromatic N) is 3. The highest BCUT2D eigenvalue weighted by atomic mass is 16.2. The summed E-state index contributed by atoms with van der Waals surface area (Å²) in [6.07, 6.45) is 4.42. The maximum Gasteiger partial charge on any atom is 0.274 e. The van der Waals surface area contributed by atoms with Crippen LogP contribution in [0.1, 0.15) is 10.5 Å². The number of hydrogen-bond acceptors (Lipinski definition) is 4. The van der Waals surface area contributed by atoms with E-state index in [9.17, 15) is 9.59 Å². The Kier molecular flexibility index (Phi) is 2.80. The Morgan fingerprint density at radius 2 is 2.19 bits per heavy atom. The van der Waals surface area contributed by atoms with Crippen molar-refractivity contribution in [3.05, 3.63) is 24.3 Å². The minimum absolute atomic E-state index is 0.0248. The first-order valence-corrected chi connectivity index (χ1v) is 4.99. The Labute approximate surface area is 92.7 Å². The third-order valence-corrected chi connectivity index (χ3v) is 2.57. The van der Waals surface area contributed by atoms with Crippen LogP contribution in [0.4, 0.5) is 0 Å². The molecule has 2 rings (SSSR count). The second kappa shape index (κ2) is 4.26. The maximum absolute atomic E-state index is 11.8. The lowest BCUT2D eigenvalue weighted by Gasteiger charge is -2.37. The summed E-state index contributed by atoms with van der Waals surface area (Å²) in [5.41, 5.74) is 0.317. The fraction of sp³-hybridized carbons (Fsp3) is 0.400. The summed E-state index contributed by atoms with van der Waals surface area (Å²) < 4.78 is 0. The summed E-state index contributed by atoms with van der Waals surface area (Å²) in [6, 6.07) is 0. The molecule has 0 bridgehead atoms. The molecule has 1 aliphatic rings. The van der Waals surface area contributed by atoms with E-state index in [0.29, 0.717) is 18.8 Å². The summed E-state index contributed by atoms with van der Waals surface area (Å²) in [5.74, 6) is -0.290. The van der Waals surface area contributed by atoms with Gasteiger partial charge in [0.25, 0.3) is 5.91 Å². The van der Waals surface area contributed by atoms with E-state index in [0.717, 1.165) is 0 Å². The molecule has 2 amide bonds. The van der Waals surface area contributed by atoms with Crippen LogP contribution >= 0.6 is 0 Å². The van der Waals surface area contributed by atoms with Crippen molar-refractivity contribution in [2.75, 3.05) is 20.1 Å². The van der Waals surface area contributed by atoms with Crippen LogP contribution in [0.2, 0.25) is 0 Å². The summed E-state index contributed by atoms with van der Waals surface area (Å²) in [7, 11) is 1.59. The SMILES string of the molecule is CNC(=O)C1CN(C(=O)c2cnccn2)C1. The van der Waals surface area contributed by atoms with Gasteiger partial charge < -0.3 is 10.2 Å². The molecule has 84 valence electrons. The lowest BCUT2D eigenvalue weighted by Crippen LogP contribution is -2.55. The van der Waals surface area contributed by atoms with Crippen molar-refractivity contribution < 1.29 is 9.59 Å². The Balaban J connectivity index is 1.93. The molecular formula is C10H12N4O2. The fourth-order valence-corrected chi connectivity index (χ4v) is 1.59. The van der Waals surface area contributed by atoms with Crippen LogP contribution in [0.5, 0.6) is 0 Å². The van der Waals surface area contributed by atoms with Gasteiger partial charge in [0, 0.05) is 32.5 Å². The number of aromatic nitrogens is 2. The molecule has 16 heavy (non-hydrogen) atoms. The van der Waals surface area contributed by atoms with Gasteiger partial charge in [-0.15, -0.1) is 0 Å². The summed E-state index contributed by atoms with van der Waals surface area (Å²) in [6.45, 7) is 0.907. The van der Waals surface area contributed by atoms with Crippen molar-refractivity contribution in [1.82, 2.24) is 20.2 Å². The largest absolute Gasteiger partial charge is 0.359 e. The molecule has 1 saturated heterocycles. The van der Waals surface area contributed by atoms with E-state index in [1.807, 2.05) is 0 Å². The van der Waals surface area contributed by atoms with Gasteiger partial charge in [-0.25, -0.2) is 4.98 Å². The topological polar surface area (TPSA) is 75.2 Å². The van der Waals surface area contributed by atoms with E-state index in [1.54, 1.807) is 11.9 Å². The number of likely N-dealkylation sites (tertiary alicyclic amines) is 1. The third-order valence-electron chi connectivity index (χ3n) is 2.57. The average Bonchev–Trinajstić information content (AvgIpc) is 2.27. The summed E-state index contributed by atoms with van der Waals surface area (Å²) in [4.78, 5) is 32.3. The first kappa shape index (κ1) is 10.5. The van der Waals surface area contributed by atoms with E-state index in [4.69, 9.17) is 0 Å². The normalized spacial score (nSPS) is 15.4. The Hall–Kier alpha value is -1.98. The number of carbonyl (C=O) groups excluding carboxylic acids is 2. The number of hydrogen-bond donors (Lipinski definition) is 1. The summed E-state index contributed by atoms with van der Waals surface area (Å²) in [5, 5.41) is 2.56. The maximum atomic E-state index is 11.8. The smallest absolute Gasteiger partial charge is 0.274 e. The van der Waals surface area contributed by atoms with Crippen LogP contribution in [-0.2, 0) is 4.79 Å². The second-order valence-electron chi connectivity index (χ2n) is 3.61. The standard InChI is InChI=1S/C10H12N4O2/c1-11-9(15)7-5-14(6-7)10(16)8-4-12-2-3-13-8/h2-4,7H,5-6H2,1H3,(H,11,15).